The molecule has 5 atom stereocenters. The van der Waals surface area contributed by atoms with Crippen LogP contribution in [0.4, 0.5) is 0 Å². The predicted octanol–water partition coefficient (Wildman–Crippen LogP) is 3.20. The Morgan fingerprint density at radius 1 is 1.22 bits per heavy atom. The molecular formula is C21H32BNO4. The molecule has 4 aliphatic rings. The third kappa shape index (κ3) is 3.31. The van der Waals surface area contributed by atoms with Crippen LogP contribution in [0.2, 0.25) is 0 Å². The number of benzene rings is 1. The summed E-state index contributed by atoms with van der Waals surface area (Å²) in [5, 5.41) is 0. The minimum absolute atomic E-state index is 0.163. The third-order valence-electron chi connectivity index (χ3n) is 7.34. The molecule has 1 aromatic carbocycles. The Balaban J connectivity index is 1.24. The Morgan fingerprint density at radius 2 is 1.96 bits per heavy atom. The fourth-order valence-electron chi connectivity index (χ4n) is 5.35. The monoisotopic (exact) mass is 373 g/mol. The smallest absolute Gasteiger partial charge is 0.475 e. The molecule has 3 saturated carbocycles. The van der Waals surface area contributed by atoms with Crippen molar-refractivity contribution < 1.29 is 18.8 Å². The second-order valence-electron chi connectivity index (χ2n) is 9.19. The van der Waals surface area contributed by atoms with Gasteiger partial charge in [-0.3, -0.25) is 0 Å². The minimum atomic E-state index is -0.320. The molecule has 0 aromatic heterocycles. The molecule has 0 spiro atoms. The lowest BCUT2D eigenvalue weighted by Crippen LogP contribution is -2.65. The van der Waals surface area contributed by atoms with Gasteiger partial charge in [-0.05, 0) is 61.1 Å². The van der Waals surface area contributed by atoms with E-state index in [0.29, 0.717) is 24.5 Å². The van der Waals surface area contributed by atoms with E-state index in [2.05, 4.69) is 20.8 Å². The van der Waals surface area contributed by atoms with E-state index in [0.717, 1.165) is 30.1 Å². The van der Waals surface area contributed by atoms with Crippen LogP contribution in [0.5, 0.6) is 5.75 Å². The zero-order chi connectivity index (χ0) is 19.2. The Bertz CT molecular complexity index is 667. The van der Waals surface area contributed by atoms with Crippen LogP contribution in [0.1, 0.15) is 45.6 Å². The van der Waals surface area contributed by atoms with Crippen molar-refractivity contribution in [3.8, 4) is 5.75 Å². The summed E-state index contributed by atoms with van der Waals surface area (Å²) < 4.78 is 23.6. The van der Waals surface area contributed by atoms with E-state index in [4.69, 9.17) is 24.5 Å². The Labute approximate surface area is 163 Å². The molecule has 0 radical (unpaired) electrons. The van der Waals surface area contributed by atoms with E-state index in [1.54, 1.807) is 7.11 Å². The van der Waals surface area contributed by atoms with Gasteiger partial charge >= 0.3 is 7.12 Å². The topological polar surface area (TPSA) is 62.9 Å². The molecule has 3 aliphatic carbocycles. The Morgan fingerprint density at radius 3 is 2.63 bits per heavy atom. The zero-order valence-corrected chi connectivity index (χ0v) is 16.9. The third-order valence-corrected chi connectivity index (χ3v) is 7.34. The first kappa shape index (κ1) is 19.3. The number of nitrogens with two attached hydrogens (primary N) is 1. The summed E-state index contributed by atoms with van der Waals surface area (Å²) in [6.45, 7) is 8.14. The van der Waals surface area contributed by atoms with Crippen LogP contribution >= 0.6 is 0 Å². The first-order valence-electron chi connectivity index (χ1n) is 10.1. The molecule has 2 N–H and O–H groups in total. The lowest BCUT2D eigenvalue weighted by atomic mass is 9.43. The molecule has 0 amide bonds. The van der Waals surface area contributed by atoms with Gasteiger partial charge in [0.15, 0.2) is 0 Å². The summed E-state index contributed by atoms with van der Waals surface area (Å²) in [5.74, 6) is 2.01. The molecule has 1 heterocycles. The van der Waals surface area contributed by atoms with Gasteiger partial charge in [0.2, 0.25) is 0 Å². The Hall–Kier alpha value is -1.08. The van der Waals surface area contributed by atoms with Crippen molar-refractivity contribution in [2.45, 2.75) is 64.3 Å². The van der Waals surface area contributed by atoms with Crippen LogP contribution in [0.15, 0.2) is 24.3 Å². The van der Waals surface area contributed by atoms with Crippen molar-refractivity contribution in [1.82, 2.24) is 0 Å². The van der Waals surface area contributed by atoms with Crippen molar-refractivity contribution in [2.75, 3.05) is 13.7 Å². The molecule has 5 nitrogen and oxygen atoms in total. The maximum absolute atomic E-state index is 6.42. The summed E-state index contributed by atoms with van der Waals surface area (Å²) in [4.78, 5) is 0. The fourth-order valence-corrected chi connectivity index (χ4v) is 5.35. The maximum Gasteiger partial charge on any atom is 0.475 e. The van der Waals surface area contributed by atoms with Gasteiger partial charge in [0.1, 0.15) is 5.75 Å². The molecule has 4 fully saturated rings. The second kappa shape index (κ2) is 7.07. The van der Waals surface area contributed by atoms with Crippen molar-refractivity contribution >= 4 is 7.12 Å². The van der Waals surface area contributed by atoms with Crippen LogP contribution in [-0.4, -0.2) is 38.5 Å². The van der Waals surface area contributed by atoms with Crippen LogP contribution < -0.4 is 10.5 Å². The van der Waals surface area contributed by atoms with Crippen molar-refractivity contribution in [3.05, 3.63) is 29.8 Å². The highest BCUT2D eigenvalue weighted by molar-refractivity contribution is 6.47. The molecular weight excluding hydrogens is 341 g/mol. The predicted molar refractivity (Wildman–Crippen MR) is 105 cm³/mol. The van der Waals surface area contributed by atoms with Gasteiger partial charge in [0.25, 0.3) is 0 Å². The average molecular weight is 373 g/mol. The van der Waals surface area contributed by atoms with Crippen molar-refractivity contribution in [3.63, 3.8) is 0 Å². The first-order chi connectivity index (χ1) is 12.8. The quantitative estimate of drug-likeness (QED) is 0.588. The molecule has 1 saturated heterocycles. The average Bonchev–Trinajstić information content (AvgIpc) is 3.02. The normalized spacial score (nSPS) is 34.7. The van der Waals surface area contributed by atoms with E-state index in [1.165, 1.54) is 6.42 Å². The largest absolute Gasteiger partial charge is 0.497 e. The van der Waals surface area contributed by atoms with E-state index in [9.17, 15) is 0 Å². The van der Waals surface area contributed by atoms with Gasteiger partial charge < -0.3 is 24.5 Å². The lowest BCUT2D eigenvalue weighted by molar-refractivity contribution is -0.199. The molecule has 1 aliphatic heterocycles. The fraction of sp³-hybridized carbons (Fsp3) is 0.714. The number of rotatable bonds is 7. The molecule has 6 heteroatoms. The maximum atomic E-state index is 6.42. The van der Waals surface area contributed by atoms with Gasteiger partial charge in [-0.1, -0.05) is 26.0 Å². The summed E-state index contributed by atoms with van der Waals surface area (Å²) in [6.07, 6.45) is 3.26. The van der Waals surface area contributed by atoms with Crippen LogP contribution in [0.3, 0.4) is 0 Å². The highest BCUT2D eigenvalue weighted by atomic mass is 16.7. The first-order valence-corrected chi connectivity index (χ1v) is 10.1. The number of hydrogen-bond acceptors (Lipinski definition) is 5. The second-order valence-corrected chi connectivity index (χ2v) is 9.19. The highest BCUT2D eigenvalue weighted by Crippen LogP contribution is 2.65. The van der Waals surface area contributed by atoms with E-state index in [-0.39, 0.29) is 24.8 Å². The summed E-state index contributed by atoms with van der Waals surface area (Å²) in [7, 11) is 1.35. The van der Waals surface area contributed by atoms with Gasteiger partial charge in [0.05, 0.1) is 25.4 Å². The van der Waals surface area contributed by atoms with E-state index in [1.807, 2.05) is 24.3 Å². The standard InChI is InChI=1S/C21H32BNO4/c1-20(2)15-11-17(20)21(3)18(12-15)26-22(27-21)19(23)9-10-25-13-14-5-7-16(24-4)8-6-14/h5-8,15,17-19H,9-13,23H2,1-4H3/t15-,17-,18+,19-,21-/m0/s1. The Kier molecular flexibility index (Phi) is 5.04. The van der Waals surface area contributed by atoms with Crippen LogP contribution in [0.25, 0.3) is 0 Å². The number of ether oxygens (including phenoxy) is 2. The van der Waals surface area contributed by atoms with Crippen LogP contribution in [-0.2, 0) is 20.7 Å². The molecule has 148 valence electrons. The lowest BCUT2D eigenvalue weighted by Gasteiger charge is -2.64. The summed E-state index contributed by atoms with van der Waals surface area (Å²) in [6, 6.07) is 7.92. The van der Waals surface area contributed by atoms with Crippen molar-refractivity contribution in [1.29, 1.82) is 0 Å². The number of methoxy groups -OCH3 is 1. The summed E-state index contributed by atoms with van der Waals surface area (Å²) in [5.41, 5.74) is 7.68. The van der Waals surface area contributed by atoms with Gasteiger partial charge in [-0.25, -0.2) is 0 Å². The number of hydrogen-bond donors (Lipinski definition) is 1. The molecule has 27 heavy (non-hydrogen) atoms. The van der Waals surface area contributed by atoms with Crippen LogP contribution in [0, 0.1) is 17.3 Å². The van der Waals surface area contributed by atoms with Crippen molar-refractivity contribution in [2.24, 2.45) is 23.0 Å². The minimum Gasteiger partial charge on any atom is -0.497 e. The molecule has 1 aromatic rings. The van der Waals surface area contributed by atoms with Gasteiger partial charge in [0, 0.05) is 12.5 Å². The van der Waals surface area contributed by atoms with E-state index < -0.39 is 0 Å². The molecule has 2 bridgehead atoms. The highest BCUT2D eigenvalue weighted by Gasteiger charge is 2.68. The summed E-state index contributed by atoms with van der Waals surface area (Å²) >= 11 is 0. The SMILES string of the molecule is COc1ccc(COCC[C@H](N)B2O[C@@H]3C[C@@H]4C[C@@H](C4(C)C)[C@]3(C)O2)cc1. The molecule has 0 unspecified atom stereocenters. The zero-order valence-electron chi connectivity index (χ0n) is 16.9. The molecule has 5 rings (SSSR count). The van der Waals surface area contributed by atoms with E-state index >= 15 is 0 Å². The van der Waals surface area contributed by atoms with Gasteiger partial charge in [-0.15, -0.1) is 0 Å². The van der Waals surface area contributed by atoms with Gasteiger partial charge in [-0.2, -0.15) is 0 Å².